The summed E-state index contributed by atoms with van der Waals surface area (Å²) in [5.74, 6) is 0.654. The molecule has 1 unspecified atom stereocenters. The molecular formula is C29H36N4O8S. The van der Waals surface area contributed by atoms with Crippen molar-refractivity contribution in [2.45, 2.75) is 50.7 Å². The van der Waals surface area contributed by atoms with Crippen LogP contribution in [0.25, 0.3) is 10.9 Å². The van der Waals surface area contributed by atoms with Gasteiger partial charge in [-0.3, -0.25) is 14.3 Å². The summed E-state index contributed by atoms with van der Waals surface area (Å²) in [5, 5.41) is 11.8. The minimum atomic E-state index is -3.85. The summed E-state index contributed by atoms with van der Waals surface area (Å²) < 4.78 is 41.5. The van der Waals surface area contributed by atoms with Crippen LogP contribution in [-0.4, -0.2) is 80.4 Å². The average Bonchev–Trinajstić information content (AvgIpc) is 2.93. The third-order valence-electron chi connectivity index (χ3n) is 6.59. The van der Waals surface area contributed by atoms with Crippen molar-refractivity contribution >= 4 is 38.6 Å². The van der Waals surface area contributed by atoms with E-state index in [1.165, 1.54) is 24.3 Å². The van der Waals surface area contributed by atoms with E-state index in [0.717, 1.165) is 5.56 Å². The van der Waals surface area contributed by atoms with Gasteiger partial charge in [-0.15, -0.1) is 0 Å². The molecule has 1 aliphatic heterocycles. The largest absolute Gasteiger partial charge is 0.444 e. The Hall–Kier alpha value is -3.81. The number of nitrogens with zero attached hydrogens (tertiary/aromatic N) is 4. The molecule has 42 heavy (non-hydrogen) atoms. The number of rotatable bonds is 10. The first kappa shape index (κ1) is 31.1. The van der Waals surface area contributed by atoms with Crippen molar-refractivity contribution in [3.05, 3.63) is 70.3 Å². The predicted molar refractivity (Wildman–Crippen MR) is 157 cm³/mol. The second-order valence-electron chi connectivity index (χ2n) is 11.1. The second kappa shape index (κ2) is 13.0. The molecule has 0 N–H and O–H groups in total. The fourth-order valence-corrected chi connectivity index (χ4v) is 5.43. The molecule has 4 rings (SSSR count). The molecular weight excluding hydrogens is 564 g/mol. The maximum Gasteiger partial charge on any atom is 0.410 e. The van der Waals surface area contributed by atoms with E-state index in [0.29, 0.717) is 42.8 Å². The number of carbonyl (C=O) groups excluding carboxylic acids is 1. The first-order valence-electron chi connectivity index (χ1n) is 13.7. The van der Waals surface area contributed by atoms with Gasteiger partial charge in [0.25, 0.3) is 15.8 Å². The molecule has 12 nitrogen and oxygen atoms in total. The molecule has 3 aromatic rings. The van der Waals surface area contributed by atoms with Crippen molar-refractivity contribution in [3.8, 4) is 0 Å². The van der Waals surface area contributed by atoms with Crippen LogP contribution in [0.4, 0.5) is 16.3 Å². The van der Waals surface area contributed by atoms with Gasteiger partial charge in [-0.05, 0) is 64.4 Å². The molecule has 1 saturated heterocycles. The first-order chi connectivity index (χ1) is 19.8. The number of hydrogen-bond donors (Lipinski definition) is 0. The van der Waals surface area contributed by atoms with E-state index < -0.39 is 26.7 Å². The molecule has 2 aromatic carbocycles. The molecule has 0 radical (unpaired) electrons. The molecule has 0 saturated carbocycles. The number of aryl methyl sites for hydroxylation is 1. The number of pyridine rings is 1. The summed E-state index contributed by atoms with van der Waals surface area (Å²) in [6.45, 7) is 8.97. The van der Waals surface area contributed by atoms with E-state index in [2.05, 4.69) is 0 Å². The fourth-order valence-electron chi connectivity index (χ4n) is 4.49. The van der Waals surface area contributed by atoms with E-state index >= 15 is 0 Å². The van der Waals surface area contributed by atoms with Gasteiger partial charge in [0.05, 0.1) is 34.6 Å². The number of carbonyl (C=O) groups is 1. The van der Waals surface area contributed by atoms with Gasteiger partial charge >= 0.3 is 6.09 Å². The van der Waals surface area contributed by atoms with Crippen LogP contribution in [-0.2, 0) is 23.8 Å². The van der Waals surface area contributed by atoms with Crippen LogP contribution in [0, 0.1) is 17.0 Å². The monoisotopic (exact) mass is 600 g/mol. The zero-order valence-electron chi connectivity index (χ0n) is 24.2. The van der Waals surface area contributed by atoms with Gasteiger partial charge < -0.3 is 19.3 Å². The lowest BCUT2D eigenvalue weighted by atomic mass is 10.1. The van der Waals surface area contributed by atoms with Crippen LogP contribution in [0.5, 0.6) is 0 Å². The van der Waals surface area contributed by atoms with Gasteiger partial charge in [0, 0.05) is 43.8 Å². The van der Waals surface area contributed by atoms with Crippen molar-refractivity contribution in [3.63, 3.8) is 0 Å². The normalized spacial score (nSPS) is 16.0. The lowest BCUT2D eigenvalue weighted by Crippen LogP contribution is -2.57. The van der Waals surface area contributed by atoms with Crippen LogP contribution in [0.15, 0.2) is 59.5 Å². The zero-order valence-corrected chi connectivity index (χ0v) is 25.0. The van der Waals surface area contributed by atoms with E-state index in [9.17, 15) is 23.3 Å². The first-order valence-corrected chi connectivity index (χ1v) is 15.1. The Kier molecular flexibility index (Phi) is 9.64. The number of anilines is 1. The van der Waals surface area contributed by atoms with Crippen LogP contribution in [0.3, 0.4) is 0 Å². The quantitative estimate of drug-likeness (QED) is 0.139. The Morgan fingerprint density at radius 1 is 1.07 bits per heavy atom. The van der Waals surface area contributed by atoms with Crippen molar-refractivity contribution in [1.82, 2.24) is 9.88 Å². The Balaban J connectivity index is 1.40. The maximum absolute atomic E-state index is 12.8. The van der Waals surface area contributed by atoms with Crippen molar-refractivity contribution in [1.29, 1.82) is 0 Å². The standard InChI is InChI=1S/C29H36N4O8S/c1-21-6-10-25(11-7-21)42(37,38)40-17-5-16-39-20-24-19-31(28(34)41-29(2,3)4)14-15-32(24)27-13-8-22-18-23(33(35)36)9-12-26(22)30-27/h6-13,18,24H,5,14-17,19-20H2,1-4H3. The van der Waals surface area contributed by atoms with E-state index in [4.69, 9.17) is 18.6 Å². The highest BCUT2D eigenvalue weighted by Crippen LogP contribution is 2.26. The molecule has 0 bridgehead atoms. The van der Waals surface area contributed by atoms with Crippen LogP contribution in [0.2, 0.25) is 0 Å². The molecule has 2 heterocycles. The predicted octanol–water partition coefficient (Wildman–Crippen LogP) is 4.69. The Morgan fingerprint density at radius 2 is 1.81 bits per heavy atom. The van der Waals surface area contributed by atoms with Crippen LogP contribution < -0.4 is 4.90 Å². The lowest BCUT2D eigenvalue weighted by molar-refractivity contribution is -0.384. The molecule has 1 aromatic heterocycles. The van der Waals surface area contributed by atoms with Gasteiger partial charge in [0.1, 0.15) is 11.4 Å². The molecule has 1 amide bonds. The number of ether oxygens (including phenoxy) is 2. The molecule has 1 aliphatic rings. The van der Waals surface area contributed by atoms with Gasteiger partial charge in [0.15, 0.2) is 0 Å². The van der Waals surface area contributed by atoms with Gasteiger partial charge in [0.2, 0.25) is 0 Å². The molecule has 0 aliphatic carbocycles. The van der Waals surface area contributed by atoms with Crippen LogP contribution in [0.1, 0.15) is 32.8 Å². The van der Waals surface area contributed by atoms with Crippen molar-refractivity contribution in [2.75, 3.05) is 44.4 Å². The second-order valence-corrected chi connectivity index (χ2v) is 12.7. The number of hydrogen-bond acceptors (Lipinski definition) is 10. The highest BCUT2D eigenvalue weighted by molar-refractivity contribution is 7.86. The Labute approximate surface area is 245 Å². The number of piperazine rings is 1. The Morgan fingerprint density at radius 3 is 2.50 bits per heavy atom. The number of aromatic nitrogens is 1. The smallest absolute Gasteiger partial charge is 0.410 e. The summed E-state index contributed by atoms with van der Waals surface area (Å²) >= 11 is 0. The maximum atomic E-state index is 12.8. The fraction of sp³-hybridized carbons (Fsp3) is 0.448. The lowest BCUT2D eigenvalue weighted by Gasteiger charge is -2.42. The number of fused-ring (bicyclic) bond motifs is 1. The third kappa shape index (κ3) is 8.14. The number of nitro groups is 1. The third-order valence-corrected chi connectivity index (χ3v) is 7.92. The SMILES string of the molecule is Cc1ccc(S(=O)(=O)OCCCOCC2CN(C(=O)OC(C)(C)C)CCN2c2ccc3cc([N+](=O)[O-])ccc3n2)cc1. The Bertz CT molecular complexity index is 1520. The van der Waals surface area contributed by atoms with Gasteiger partial charge in [-0.2, -0.15) is 8.42 Å². The van der Waals surface area contributed by atoms with E-state index in [1.54, 1.807) is 35.2 Å². The van der Waals surface area contributed by atoms with Crippen molar-refractivity contribution < 1.29 is 31.8 Å². The van der Waals surface area contributed by atoms with Gasteiger partial charge in [-0.25, -0.2) is 9.78 Å². The summed E-state index contributed by atoms with van der Waals surface area (Å²) in [4.78, 5) is 32.0. The molecule has 13 heteroatoms. The highest BCUT2D eigenvalue weighted by Gasteiger charge is 2.33. The average molecular weight is 601 g/mol. The molecule has 1 fully saturated rings. The number of nitro benzene ring substituents is 1. The minimum Gasteiger partial charge on any atom is -0.444 e. The summed E-state index contributed by atoms with van der Waals surface area (Å²) in [6.07, 6.45) is -0.0683. The number of non-ortho nitro benzene ring substituents is 1. The van der Waals surface area contributed by atoms with Crippen LogP contribution >= 0.6 is 0 Å². The number of benzene rings is 2. The highest BCUT2D eigenvalue weighted by atomic mass is 32.2. The summed E-state index contributed by atoms with van der Waals surface area (Å²) in [7, 11) is -3.85. The van der Waals surface area contributed by atoms with Crippen molar-refractivity contribution in [2.24, 2.45) is 0 Å². The molecule has 1 atom stereocenters. The zero-order chi connectivity index (χ0) is 30.5. The molecule has 0 spiro atoms. The van der Waals surface area contributed by atoms with E-state index in [-0.39, 0.29) is 36.4 Å². The number of amides is 1. The molecule has 226 valence electrons. The minimum absolute atomic E-state index is 0.00931. The van der Waals surface area contributed by atoms with E-state index in [1.807, 2.05) is 32.6 Å². The topological polar surface area (TPSA) is 141 Å². The summed E-state index contributed by atoms with van der Waals surface area (Å²) in [5.41, 5.74) is 0.915. The van der Waals surface area contributed by atoms with Gasteiger partial charge in [-0.1, -0.05) is 17.7 Å². The summed E-state index contributed by atoms with van der Waals surface area (Å²) in [6, 6.07) is 14.3.